The van der Waals surface area contributed by atoms with E-state index in [0.717, 1.165) is 44.6 Å². The van der Waals surface area contributed by atoms with Gasteiger partial charge in [0.05, 0.1) is 16.3 Å². The van der Waals surface area contributed by atoms with Crippen molar-refractivity contribution >= 4 is 44.8 Å². The lowest BCUT2D eigenvalue weighted by Crippen LogP contribution is -2.45. The SMILES string of the molecule is CNC1CCN(CCCN(C(=O)C2CCN(S(C)(=O)=O)CC2)c2ccc(Cl)c(Cl)c2)CC1. The van der Waals surface area contributed by atoms with Gasteiger partial charge in [-0.1, -0.05) is 23.2 Å². The van der Waals surface area contributed by atoms with Crippen LogP contribution < -0.4 is 10.2 Å². The van der Waals surface area contributed by atoms with Crippen LogP contribution in [0, 0.1) is 5.92 Å². The Morgan fingerprint density at radius 1 is 1.09 bits per heavy atom. The lowest BCUT2D eigenvalue weighted by atomic mass is 9.96. The maximum absolute atomic E-state index is 13.5. The zero-order valence-electron chi connectivity index (χ0n) is 18.9. The van der Waals surface area contributed by atoms with Crippen LogP contribution in [0.5, 0.6) is 0 Å². The van der Waals surface area contributed by atoms with E-state index in [-0.39, 0.29) is 11.8 Å². The third kappa shape index (κ3) is 6.81. The average molecular weight is 506 g/mol. The molecule has 0 atom stereocenters. The van der Waals surface area contributed by atoms with E-state index in [1.165, 1.54) is 10.6 Å². The van der Waals surface area contributed by atoms with Crippen LogP contribution in [0.25, 0.3) is 0 Å². The molecule has 7 nitrogen and oxygen atoms in total. The van der Waals surface area contributed by atoms with Crippen LogP contribution in [0.3, 0.4) is 0 Å². The van der Waals surface area contributed by atoms with E-state index in [1.807, 2.05) is 18.0 Å². The van der Waals surface area contributed by atoms with Crippen molar-refractivity contribution in [3.8, 4) is 0 Å². The topological polar surface area (TPSA) is 73.0 Å². The Balaban J connectivity index is 1.64. The Kier molecular flexibility index (Phi) is 9.23. The van der Waals surface area contributed by atoms with Crippen molar-refractivity contribution in [3.05, 3.63) is 28.2 Å². The molecule has 180 valence electrons. The van der Waals surface area contributed by atoms with Crippen molar-refractivity contribution in [3.63, 3.8) is 0 Å². The van der Waals surface area contributed by atoms with E-state index in [0.29, 0.717) is 48.6 Å². The first-order valence-corrected chi connectivity index (χ1v) is 13.9. The Hall–Kier alpha value is -0.900. The van der Waals surface area contributed by atoms with Crippen LogP contribution in [-0.4, -0.2) is 82.1 Å². The summed E-state index contributed by atoms with van der Waals surface area (Å²) in [7, 11) is -1.21. The number of amides is 1. The zero-order valence-corrected chi connectivity index (χ0v) is 21.2. The molecule has 2 fully saturated rings. The maximum Gasteiger partial charge on any atom is 0.230 e. The fraction of sp³-hybridized carbons (Fsp3) is 0.682. The standard InChI is InChI=1S/C22H34Cl2N4O3S/c1-25-18-8-12-26(13-9-18)10-3-11-28(19-4-5-20(23)21(24)16-19)22(29)17-6-14-27(15-7-17)32(2,30)31/h4-5,16-18,25H,3,6-15H2,1-2H3. The zero-order chi connectivity index (χ0) is 23.3. The lowest BCUT2D eigenvalue weighted by molar-refractivity contribution is -0.123. The summed E-state index contributed by atoms with van der Waals surface area (Å²) in [5.74, 6) is -0.167. The molecular formula is C22H34Cl2N4O3S. The summed E-state index contributed by atoms with van der Waals surface area (Å²) in [6.07, 6.45) is 5.42. The average Bonchev–Trinajstić information content (AvgIpc) is 2.78. The molecular weight excluding hydrogens is 471 g/mol. The first-order chi connectivity index (χ1) is 15.2. The van der Waals surface area contributed by atoms with E-state index in [1.54, 1.807) is 12.1 Å². The highest BCUT2D eigenvalue weighted by Gasteiger charge is 2.32. The molecule has 1 amide bonds. The molecule has 1 aromatic carbocycles. The monoisotopic (exact) mass is 504 g/mol. The van der Waals surface area contributed by atoms with Crippen LogP contribution in [0.2, 0.25) is 10.0 Å². The molecule has 0 bridgehead atoms. The minimum atomic E-state index is -3.22. The number of hydrogen-bond donors (Lipinski definition) is 1. The molecule has 3 rings (SSSR count). The third-order valence-electron chi connectivity index (χ3n) is 6.60. The van der Waals surface area contributed by atoms with Gasteiger partial charge in [-0.25, -0.2) is 12.7 Å². The predicted octanol–water partition coefficient (Wildman–Crippen LogP) is 3.07. The minimum absolute atomic E-state index is 0.0328. The van der Waals surface area contributed by atoms with Crippen molar-refractivity contribution < 1.29 is 13.2 Å². The van der Waals surface area contributed by atoms with Crippen LogP contribution in [0.1, 0.15) is 32.1 Å². The van der Waals surface area contributed by atoms with Gasteiger partial charge in [0.15, 0.2) is 0 Å². The molecule has 0 aromatic heterocycles. The van der Waals surface area contributed by atoms with Gasteiger partial charge in [0, 0.05) is 37.3 Å². The summed E-state index contributed by atoms with van der Waals surface area (Å²) >= 11 is 12.3. The number of nitrogens with zero attached hydrogens (tertiary/aromatic N) is 3. The number of benzene rings is 1. The van der Waals surface area contributed by atoms with Gasteiger partial charge in [0.2, 0.25) is 15.9 Å². The highest BCUT2D eigenvalue weighted by Crippen LogP contribution is 2.30. The second kappa shape index (κ2) is 11.5. The van der Waals surface area contributed by atoms with Crippen LogP contribution in [0.15, 0.2) is 18.2 Å². The molecule has 0 unspecified atom stereocenters. The summed E-state index contributed by atoms with van der Waals surface area (Å²) in [6, 6.07) is 5.88. The Morgan fingerprint density at radius 3 is 2.31 bits per heavy atom. The molecule has 0 radical (unpaired) electrons. The third-order valence-corrected chi connectivity index (χ3v) is 8.65. The number of rotatable bonds is 8. The number of piperidine rings is 2. The minimum Gasteiger partial charge on any atom is -0.317 e. The lowest BCUT2D eigenvalue weighted by Gasteiger charge is -2.34. The number of hydrogen-bond acceptors (Lipinski definition) is 5. The number of halogens is 2. The van der Waals surface area contributed by atoms with Crippen molar-refractivity contribution in [1.82, 2.24) is 14.5 Å². The summed E-state index contributed by atoms with van der Waals surface area (Å²) in [5, 5.41) is 4.22. The number of anilines is 1. The Bertz CT molecular complexity index is 883. The smallest absolute Gasteiger partial charge is 0.230 e. The quantitative estimate of drug-likeness (QED) is 0.588. The molecule has 32 heavy (non-hydrogen) atoms. The molecule has 0 saturated carbocycles. The highest BCUT2D eigenvalue weighted by molar-refractivity contribution is 7.88. The molecule has 0 spiro atoms. The van der Waals surface area contributed by atoms with E-state index >= 15 is 0 Å². The van der Waals surface area contributed by atoms with Gasteiger partial charge in [-0.3, -0.25) is 4.79 Å². The Morgan fingerprint density at radius 2 is 1.75 bits per heavy atom. The van der Waals surface area contributed by atoms with Gasteiger partial charge in [-0.15, -0.1) is 0 Å². The highest BCUT2D eigenvalue weighted by atomic mass is 35.5. The number of carbonyl (C=O) groups excluding carboxylic acids is 1. The predicted molar refractivity (Wildman–Crippen MR) is 131 cm³/mol. The fourth-order valence-corrected chi connectivity index (χ4v) is 5.74. The van der Waals surface area contributed by atoms with Crippen LogP contribution in [-0.2, 0) is 14.8 Å². The second-order valence-electron chi connectivity index (χ2n) is 8.78. The van der Waals surface area contributed by atoms with Crippen molar-refractivity contribution in [2.75, 3.05) is 57.5 Å². The molecule has 2 saturated heterocycles. The molecule has 1 aromatic rings. The Labute approximate surface area is 202 Å². The van der Waals surface area contributed by atoms with Gasteiger partial charge in [-0.2, -0.15) is 0 Å². The van der Waals surface area contributed by atoms with Crippen LogP contribution >= 0.6 is 23.2 Å². The summed E-state index contributed by atoms with van der Waals surface area (Å²) < 4.78 is 25.1. The number of sulfonamides is 1. The number of likely N-dealkylation sites (tertiary alicyclic amines) is 1. The molecule has 2 aliphatic heterocycles. The molecule has 10 heteroatoms. The summed E-state index contributed by atoms with van der Waals surface area (Å²) in [6.45, 7) is 4.42. The first-order valence-electron chi connectivity index (χ1n) is 11.3. The molecule has 2 aliphatic rings. The van der Waals surface area contributed by atoms with Gasteiger partial charge in [0.25, 0.3) is 0 Å². The van der Waals surface area contributed by atoms with Gasteiger partial charge >= 0.3 is 0 Å². The van der Waals surface area contributed by atoms with E-state index < -0.39 is 10.0 Å². The number of carbonyl (C=O) groups is 1. The van der Waals surface area contributed by atoms with E-state index in [4.69, 9.17) is 23.2 Å². The molecule has 1 N–H and O–H groups in total. The van der Waals surface area contributed by atoms with Gasteiger partial charge < -0.3 is 15.1 Å². The molecule has 2 heterocycles. The first kappa shape index (κ1) is 25.7. The largest absolute Gasteiger partial charge is 0.317 e. The summed E-state index contributed by atoms with van der Waals surface area (Å²) in [4.78, 5) is 17.7. The van der Waals surface area contributed by atoms with Crippen molar-refractivity contribution in [2.24, 2.45) is 5.92 Å². The van der Waals surface area contributed by atoms with E-state index in [9.17, 15) is 13.2 Å². The van der Waals surface area contributed by atoms with Gasteiger partial charge in [-0.05, 0) is 77.0 Å². The van der Waals surface area contributed by atoms with Crippen LogP contribution in [0.4, 0.5) is 5.69 Å². The van der Waals surface area contributed by atoms with E-state index in [2.05, 4.69) is 10.2 Å². The normalized spacial score (nSPS) is 19.9. The summed E-state index contributed by atoms with van der Waals surface area (Å²) in [5.41, 5.74) is 0.740. The van der Waals surface area contributed by atoms with Crippen molar-refractivity contribution in [1.29, 1.82) is 0 Å². The fourth-order valence-electron chi connectivity index (χ4n) is 4.57. The second-order valence-corrected chi connectivity index (χ2v) is 11.6. The van der Waals surface area contributed by atoms with Crippen molar-refractivity contribution in [2.45, 2.75) is 38.1 Å². The molecule has 0 aliphatic carbocycles. The number of nitrogens with one attached hydrogen (secondary N) is 1. The van der Waals surface area contributed by atoms with Gasteiger partial charge in [0.1, 0.15) is 0 Å². The maximum atomic E-state index is 13.5.